The molecule has 4 nitrogen and oxygen atoms in total. The van der Waals surface area contributed by atoms with Crippen LogP contribution >= 0.6 is 0 Å². The largest absolute Gasteiger partial charge is 0.623 e. The Morgan fingerprint density at radius 3 is 2.47 bits per heavy atom. The molecule has 5 heteroatoms. The normalized spacial score (nSPS) is 15.5. The Balaban J connectivity index is 4.64. The van der Waals surface area contributed by atoms with E-state index >= 15 is 0 Å². The predicted octanol–water partition coefficient (Wildman–Crippen LogP) is 1.69. The van der Waals surface area contributed by atoms with E-state index in [4.69, 9.17) is 5.21 Å². The van der Waals surface area contributed by atoms with E-state index in [9.17, 15) is 5.21 Å². The summed E-state index contributed by atoms with van der Waals surface area (Å²) in [5.41, 5.74) is 3.43. The molecule has 0 aliphatic carbocycles. The molecule has 0 heterocycles. The molecule has 0 saturated carbocycles. The van der Waals surface area contributed by atoms with Crippen LogP contribution in [0.25, 0.3) is 0 Å². The summed E-state index contributed by atoms with van der Waals surface area (Å²) in [5, 5.41) is 22.9. The van der Waals surface area contributed by atoms with Gasteiger partial charge in [-0.15, -0.1) is 5.54 Å². The fourth-order valence-corrected chi connectivity index (χ4v) is 1.19. The van der Waals surface area contributed by atoms with Crippen LogP contribution in [0.2, 0.25) is 19.6 Å². The molecule has 0 fully saturated rings. The number of nitrogens with zero attached hydrogens (tertiary/aromatic N) is 2. The fraction of sp³-hybridized carbons (Fsp3) is 0.600. The first-order valence-corrected chi connectivity index (χ1v) is 8.28. The molecule has 0 aliphatic rings. The van der Waals surface area contributed by atoms with E-state index in [0.717, 1.165) is 0 Å². The monoisotopic (exact) mass is 226 g/mol. The summed E-state index contributed by atoms with van der Waals surface area (Å²) in [5.74, 6) is 2.75. The van der Waals surface area contributed by atoms with Crippen LogP contribution in [0.1, 0.15) is 13.8 Å². The van der Waals surface area contributed by atoms with Crippen LogP contribution < -0.4 is 0 Å². The van der Waals surface area contributed by atoms with Gasteiger partial charge in [-0.05, 0) is 12.8 Å². The van der Waals surface area contributed by atoms with Crippen LogP contribution in [0.4, 0.5) is 0 Å². The van der Waals surface area contributed by atoms with Gasteiger partial charge in [0, 0.05) is 6.92 Å². The summed E-state index contributed by atoms with van der Waals surface area (Å²) in [7, 11) is -1.43. The van der Waals surface area contributed by atoms with Crippen molar-refractivity contribution in [3.63, 3.8) is 0 Å². The van der Waals surface area contributed by atoms with Crippen LogP contribution in [0.15, 0.2) is 5.16 Å². The molecule has 0 aromatic rings. The molecule has 0 aromatic carbocycles. The average Bonchev–Trinajstić information content (AvgIpc) is 2.13. The smallest absolute Gasteiger partial charge is 0.225 e. The van der Waals surface area contributed by atoms with Gasteiger partial charge in [0.25, 0.3) is 0 Å². The first-order valence-electron chi connectivity index (χ1n) is 4.78. The van der Waals surface area contributed by atoms with Gasteiger partial charge in [-0.2, -0.15) is 4.74 Å². The average molecular weight is 226 g/mol. The van der Waals surface area contributed by atoms with Gasteiger partial charge in [0.05, 0.1) is 0 Å². The van der Waals surface area contributed by atoms with Gasteiger partial charge < -0.3 is 10.4 Å². The lowest BCUT2D eigenvalue weighted by atomic mass is 10.2. The zero-order valence-corrected chi connectivity index (χ0v) is 10.9. The lowest BCUT2D eigenvalue weighted by Gasteiger charge is -2.09. The summed E-state index contributed by atoms with van der Waals surface area (Å²) in [6.45, 7) is 9.57. The Hall–Kier alpha value is -1.28. The molecule has 1 unspecified atom stereocenters. The van der Waals surface area contributed by atoms with Crippen molar-refractivity contribution in [1.29, 1.82) is 0 Å². The zero-order valence-electron chi connectivity index (χ0n) is 9.90. The van der Waals surface area contributed by atoms with E-state index in [1.807, 2.05) is 0 Å². The number of hydroxylamine groups is 1. The third-order valence-electron chi connectivity index (χ3n) is 1.78. The molecule has 1 atom stereocenters. The van der Waals surface area contributed by atoms with Crippen molar-refractivity contribution in [2.24, 2.45) is 5.16 Å². The Kier molecular flexibility index (Phi) is 5.09. The maximum Gasteiger partial charge on any atom is 0.225 e. The summed E-state index contributed by atoms with van der Waals surface area (Å²) in [6, 6.07) is -0.481. The molecule has 0 radical (unpaired) electrons. The highest BCUT2D eigenvalue weighted by atomic mass is 28.3. The lowest BCUT2D eigenvalue weighted by Crippen LogP contribution is -2.26. The molecule has 0 saturated heterocycles. The first-order chi connectivity index (χ1) is 6.78. The second kappa shape index (κ2) is 5.56. The van der Waals surface area contributed by atoms with Gasteiger partial charge in [-0.25, -0.2) is 0 Å². The van der Waals surface area contributed by atoms with E-state index in [1.165, 1.54) is 6.21 Å². The van der Waals surface area contributed by atoms with Gasteiger partial charge >= 0.3 is 0 Å². The van der Waals surface area contributed by atoms with Crippen molar-refractivity contribution >= 4 is 20.0 Å². The van der Waals surface area contributed by atoms with E-state index < -0.39 is 14.1 Å². The molecular weight excluding hydrogens is 208 g/mol. The second-order valence-electron chi connectivity index (χ2n) is 4.43. The highest BCUT2D eigenvalue weighted by molar-refractivity contribution is 6.84. The summed E-state index contributed by atoms with van der Waals surface area (Å²) in [6.07, 6.45) is 1.29. The van der Waals surface area contributed by atoms with Crippen molar-refractivity contribution in [1.82, 2.24) is 0 Å². The number of hydrogen-bond acceptors (Lipinski definition) is 3. The maximum atomic E-state index is 11.4. The molecule has 1 N–H and O–H groups in total. The summed E-state index contributed by atoms with van der Waals surface area (Å²) >= 11 is 0. The fourth-order valence-electron chi connectivity index (χ4n) is 0.692. The minimum Gasteiger partial charge on any atom is -0.623 e. The lowest BCUT2D eigenvalue weighted by molar-refractivity contribution is -0.471. The Morgan fingerprint density at radius 1 is 1.53 bits per heavy atom. The third-order valence-corrected chi connectivity index (χ3v) is 2.68. The highest BCUT2D eigenvalue weighted by Crippen LogP contribution is 1.96. The van der Waals surface area contributed by atoms with E-state index in [-0.39, 0.29) is 0 Å². The molecule has 0 aliphatic heterocycles. The van der Waals surface area contributed by atoms with E-state index in [2.05, 4.69) is 36.3 Å². The quantitative estimate of drug-likeness (QED) is 0.148. The molecule has 15 heavy (non-hydrogen) atoms. The minimum absolute atomic E-state index is 0.371. The molecule has 0 spiro atoms. The zero-order chi connectivity index (χ0) is 12.1. The van der Waals surface area contributed by atoms with Crippen LogP contribution in [-0.2, 0) is 0 Å². The van der Waals surface area contributed by atoms with Gasteiger partial charge in [-0.1, -0.05) is 24.8 Å². The van der Waals surface area contributed by atoms with E-state index in [0.29, 0.717) is 10.5 Å². The third kappa shape index (κ3) is 5.91. The predicted molar refractivity (Wildman–Crippen MR) is 65.2 cm³/mol. The summed E-state index contributed by atoms with van der Waals surface area (Å²) < 4.78 is 0.697. The van der Waals surface area contributed by atoms with E-state index in [1.54, 1.807) is 13.8 Å². The Bertz CT molecular complexity index is 332. The molecule has 0 bridgehead atoms. The first kappa shape index (κ1) is 13.7. The maximum absolute atomic E-state index is 11.4. The minimum atomic E-state index is -1.43. The van der Waals surface area contributed by atoms with Crippen molar-refractivity contribution < 1.29 is 9.95 Å². The molecule has 0 amide bonds. The van der Waals surface area contributed by atoms with Gasteiger partial charge in [0.2, 0.25) is 12.3 Å². The number of hydrogen-bond donors (Lipinski definition) is 1. The number of oxime groups is 1. The van der Waals surface area contributed by atoms with Crippen LogP contribution in [0.5, 0.6) is 0 Å². The van der Waals surface area contributed by atoms with Gasteiger partial charge in [0.1, 0.15) is 13.8 Å². The standard InChI is InChI=1S/C10H18N2O2Si/c1-9(11-13)10(2)12(14)7-6-8-15(3,4)5/h7,10,13H,1-5H3. The Morgan fingerprint density at radius 2 is 2.07 bits per heavy atom. The number of rotatable bonds is 2. The van der Waals surface area contributed by atoms with Crippen LogP contribution in [0.3, 0.4) is 0 Å². The second-order valence-corrected chi connectivity index (χ2v) is 9.18. The van der Waals surface area contributed by atoms with Crippen LogP contribution in [-0.4, -0.2) is 36.0 Å². The van der Waals surface area contributed by atoms with Crippen molar-refractivity contribution in [2.45, 2.75) is 39.5 Å². The molecule has 84 valence electrons. The van der Waals surface area contributed by atoms with Crippen molar-refractivity contribution in [3.05, 3.63) is 5.21 Å². The molecule has 0 aromatic heterocycles. The van der Waals surface area contributed by atoms with Gasteiger partial charge in [0.15, 0.2) is 0 Å². The van der Waals surface area contributed by atoms with Crippen molar-refractivity contribution in [2.75, 3.05) is 0 Å². The van der Waals surface area contributed by atoms with Crippen LogP contribution in [0, 0.1) is 16.7 Å². The molecular formula is C10H18N2O2Si. The van der Waals surface area contributed by atoms with Gasteiger partial charge in [-0.3, -0.25) is 0 Å². The Labute approximate surface area is 91.9 Å². The topological polar surface area (TPSA) is 58.7 Å². The summed E-state index contributed by atoms with van der Waals surface area (Å²) in [4.78, 5) is 0. The highest BCUT2D eigenvalue weighted by Gasteiger charge is 2.13. The van der Waals surface area contributed by atoms with Crippen molar-refractivity contribution in [3.8, 4) is 11.5 Å². The SMILES string of the molecule is CC(=NO)C(C)[N+]([O-])=CC#C[Si](C)(C)C. The molecule has 0 rings (SSSR count).